The predicted molar refractivity (Wildman–Crippen MR) is 101 cm³/mol. The molecule has 1 aliphatic rings. The lowest BCUT2D eigenvalue weighted by atomic mass is 9.99. The lowest BCUT2D eigenvalue weighted by Gasteiger charge is -2.19. The van der Waals surface area contributed by atoms with Crippen LogP contribution in [0.3, 0.4) is 0 Å². The molecule has 0 atom stereocenters. The van der Waals surface area contributed by atoms with Gasteiger partial charge < -0.3 is 4.57 Å². The minimum Gasteiger partial charge on any atom is -0.316 e. The van der Waals surface area contributed by atoms with E-state index in [0.29, 0.717) is 35.2 Å². The smallest absolute Gasteiger partial charge is 0.253 e. The van der Waals surface area contributed by atoms with Gasteiger partial charge in [-0.3, -0.25) is 9.52 Å². The molecule has 140 valence electrons. The average molecular weight is 378 g/mol. The zero-order valence-corrected chi connectivity index (χ0v) is 16.2. The first-order valence-corrected chi connectivity index (χ1v) is 9.99. The summed E-state index contributed by atoms with van der Waals surface area (Å²) >= 11 is 0. The minimum atomic E-state index is -3.58. The maximum atomic E-state index is 14.3. The highest BCUT2D eigenvalue weighted by molar-refractivity contribution is 7.94. The predicted octanol–water partition coefficient (Wildman–Crippen LogP) is 3.03. The lowest BCUT2D eigenvalue weighted by molar-refractivity contribution is 0.587. The number of nitrogens with zero attached hydrogens (tertiary/aromatic N) is 1. The summed E-state index contributed by atoms with van der Waals surface area (Å²) in [6, 6.07) is 4.90. The van der Waals surface area contributed by atoms with Gasteiger partial charge >= 0.3 is 0 Å². The number of hydrogen-bond donors (Lipinski definition) is 1. The number of pyridine rings is 1. The van der Waals surface area contributed by atoms with Crippen molar-refractivity contribution in [3.05, 3.63) is 62.8 Å². The van der Waals surface area contributed by atoms with Crippen molar-refractivity contribution in [2.45, 2.75) is 44.8 Å². The van der Waals surface area contributed by atoms with Gasteiger partial charge in [0.25, 0.3) is 5.56 Å². The van der Waals surface area contributed by atoms with Gasteiger partial charge in [0.1, 0.15) is 5.82 Å². The van der Waals surface area contributed by atoms with E-state index in [1.807, 2.05) is 0 Å². The number of hydrogen-bond acceptors (Lipinski definition) is 3. The first kappa shape index (κ1) is 18.6. The van der Waals surface area contributed by atoms with Crippen LogP contribution in [-0.2, 0) is 23.5 Å². The van der Waals surface area contributed by atoms with Crippen LogP contribution in [0.25, 0.3) is 0 Å². The number of sulfonamides is 1. The molecule has 26 heavy (non-hydrogen) atoms. The molecule has 0 unspecified atom stereocenters. The summed E-state index contributed by atoms with van der Waals surface area (Å²) in [6.07, 6.45) is 2.83. The van der Waals surface area contributed by atoms with Crippen molar-refractivity contribution in [2.24, 2.45) is 7.05 Å². The van der Waals surface area contributed by atoms with Crippen molar-refractivity contribution >= 4 is 15.7 Å². The molecule has 2 aromatic rings. The van der Waals surface area contributed by atoms with Crippen LogP contribution in [0, 0.1) is 19.7 Å². The van der Waals surface area contributed by atoms with Crippen LogP contribution in [0.1, 0.15) is 42.0 Å². The van der Waals surface area contributed by atoms with E-state index in [1.165, 1.54) is 16.8 Å². The summed E-state index contributed by atoms with van der Waals surface area (Å²) in [5, 5.41) is 0. The number of nitrogens with one attached hydrogen (secondary N) is 1. The standard InChI is InChI=1S/C19H23FN2O3S/c1-12-5-6-14(16(20)9-12)10-15-13(2)18(23)22(4)11-17(15)21-26(24,25)19(3)7-8-19/h5-6,9,11,21H,7-8,10H2,1-4H3. The third-order valence-corrected chi connectivity index (χ3v) is 7.36. The molecule has 3 rings (SSSR count). The summed E-state index contributed by atoms with van der Waals surface area (Å²) in [7, 11) is -2.01. The Morgan fingerprint density at radius 1 is 1.27 bits per heavy atom. The Labute approximate surface area is 152 Å². The molecule has 1 aromatic carbocycles. The Kier molecular flexibility index (Phi) is 4.46. The fourth-order valence-electron chi connectivity index (χ4n) is 2.94. The van der Waals surface area contributed by atoms with Crippen molar-refractivity contribution in [1.29, 1.82) is 0 Å². The Morgan fingerprint density at radius 2 is 1.92 bits per heavy atom. The maximum Gasteiger partial charge on any atom is 0.253 e. The third kappa shape index (κ3) is 3.28. The summed E-state index contributed by atoms with van der Waals surface area (Å²) < 4.78 is 42.8. The van der Waals surface area contributed by atoms with E-state index >= 15 is 0 Å². The number of anilines is 1. The Bertz CT molecular complexity index is 1040. The van der Waals surface area contributed by atoms with Crippen molar-refractivity contribution in [3.63, 3.8) is 0 Å². The second-order valence-corrected chi connectivity index (χ2v) is 9.59. The molecule has 0 amide bonds. The molecule has 5 nitrogen and oxygen atoms in total. The Balaban J connectivity index is 2.08. The van der Waals surface area contributed by atoms with Crippen LogP contribution in [0.15, 0.2) is 29.2 Å². The van der Waals surface area contributed by atoms with E-state index in [4.69, 9.17) is 0 Å². The zero-order valence-electron chi connectivity index (χ0n) is 15.4. The van der Waals surface area contributed by atoms with E-state index in [0.717, 1.165) is 5.56 Å². The van der Waals surface area contributed by atoms with Crippen molar-refractivity contribution in [1.82, 2.24) is 4.57 Å². The number of benzene rings is 1. The number of halogens is 1. The van der Waals surface area contributed by atoms with Gasteiger partial charge in [0, 0.05) is 25.2 Å². The number of rotatable bonds is 5. The summed E-state index contributed by atoms with van der Waals surface area (Å²) in [4.78, 5) is 12.3. The van der Waals surface area contributed by atoms with Gasteiger partial charge in [-0.15, -0.1) is 0 Å². The van der Waals surface area contributed by atoms with Crippen LogP contribution in [0.2, 0.25) is 0 Å². The van der Waals surface area contributed by atoms with Crippen molar-refractivity contribution in [3.8, 4) is 0 Å². The zero-order chi connectivity index (χ0) is 19.3. The molecule has 1 aromatic heterocycles. The fraction of sp³-hybridized carbons (Fsp3) is 0.421. The SMILES string of the molecule is Cc1ccc(Cc2c(NS(=O)(=O)C3(C)CC3)cn(C)c(=O)c2C)c(F)c1. The molecule has 7 heteroatoms. The molecule has 1 aliphatic carbocycles. The van der Waals surface area contributed by atoms with Crippen LogP contribution in [0.5, 0.6) is 0 Å². The van der Waals surface area contributed by atoms with Gasteiger partial charge in [-0.2, -0.15) is 0 Å². The first-order valence-electron chi connectivity index (χ1n) is 8.50. The van der Waals surface area contributed by atoms with E-state index in [-0.39, 0.29) is 17.8 Å². The molecule has 0 spiro atoms. The monoisotopic (exact) mass is 378 g/mol. The van der Waals surface area contributed by atoms with Crippen LogP contribution in [0.4, 0.5) is 10.1 Å². The van der Waals surface area contributed by atoms with E-state index < -0.39 is 14.8 Å². The molecular weight excluding hydrogens is 355 g/mol. The van der Waals surface area contributed by atoms with Crippen molar-refractivity contribution < 1.29 is 12.8 Å². The van der Waals surface area contributed by atoms with Crippen LogP contribution < -0.4 is 10.3 Å². The van der Waals surface area contributed by atoms with Crippen molar-refractivity contribution in [2.75, 3.05) is 4.72 Å². The Morgan fingerprint density at radius 3 is 2.50 bits per heavy atom. The first-order chi connectivity index (χ1) is 12.0. The van der Waals surface area contributed by atoms with Gasteiger partial charge in [-0.05, 0) is 56.4 Å². The van der Waals surface area contributed by atoms with E-state index in [1.54, 1.807) is 40.0 Å². The van der Waals surface area contributed by atoms with Crippen LogP contribution >= 0.6 is 0 Å². The molecule has 0 saturated heterocycles. The fourth-order valence-corrected chi connectivity index (χ4v) is 4.29. The number of aromatic nitrogens is 1. The van der Waals surface area contributed by atoms with Crippen LogP contribution in [-0.4, -0.2) is 17.7 Å². The molecule has 0 bridgehead atoms. The quantitative estimate of drug-likeness (QED) is 0.870. The molecule has 1 N–H and O–H groups in total. The van der Waals surface area contributed by atoms with Gasteiger partial charge in [0.05, 0.1) is 10.4 Å². The largest absolute Gasteiger partial charge is 0.316 e. The molecule has 0 radical (unpaired) electrons. The topological polar surface area (TPSA) is 68.2 Å². The normalized spacial score (nSPS) is 15.7. The molecule has 0 aliphatic heterocycles. The maximum absolute atomic E-state index is 14.3. The molecule has 1 heterocycles. The highest BCUT2D eigenvalue weighted by Gasteiger charge is 2.50. The second-order valence-electron chi connectivity index (χ2n) is 7.39. The minimum absolute atomic E-state index is 0.141. The lowest BCUT2D eigenvalue weighted by Crippen LogP contribution is -2.29. The second kappa shape index (κ2) is 6.23. The van der Waals surface area contributed by atoms with Gasteiger partial charge in [-0.25, -0.2) is 12.8 Å². The summed E-state index contributed by atoms with van der Waals surface area (Å²) in [5.41, 5.74) is 2.24. The van der Waals surface area contributed by atoms with E-state index in [9.17, 15) is 17.6 Å². The van der Waals surface area contributed by atoms with Gasteiger partial charge in [0.15, 0.2) is 0 Å². The molecular formula is C19H23FN2O3S. The number of aryl methyl sites for hydroxylation is 2. The summed E-state index contributed by atoms with van der Waals surface area (Å²) in [6.45, 7) is 5.14. The average Bonchev–Trinajstić information content (AvgIpc) is 3.30. The van der Waals surface area contributed by atoms with Gasteiger partial charge in [-0.1, -0.05) is 12.1 Å². The van der Waals surface area contributed by atoms with Gasteiger partial charge in [0.2, 0.25) is 10.0 Å². The molecule has 1 fully saturated rings. The highest BCUT2D eigenvalue weighted by atomic mass is 32.2. The van der Waals surface area contributed by atoms with E-state index in [2.05, 4.69) is 4.72 Å². The highest BCUT2D eigenvalue weighted by Crippen LogP contribution is 2.43. The third-order valence-electron chi connectivity index (χ3n) is 5.16. The molecule has 1 saturated carbocycles. The summed E-state index contributed by atoms with van der Waals surface area (Å²) in [5.74, 6) is -0.368. The Hall–Kier alpha value is -2.15.